The Morgan fingerprint density at radius 1 is 1.35 bits per heavy atom. The van der Waals surface area contributed by atoms with E-state index in [0.29, 0.717) is 5.92 Å². The molecule has 2 rings (SSSR count). The van der Waals surface area contributed by atoms with Crippen LogP contribution in [0.4, 0.5) is 4.39 Å². The Balaban J connectivity index is 1.91. The SMILES string of the molecule is Fc1cccc(C(CI)OCC2CCCC2)c1. The van der Waals surface area contributed by atoms with Crippen LogP contribution in [0.15, 0.2) is 24.3 Å². The number of hydrogen-bond acceptors (Lipinski definition) is 1. The van der Waals surface area contributed by atoms with Gasteiger partial charge in [0.2, 0.25) is 0 Å². The topological polar surface area (TPSA) is 9.23 Å². The first-order chi connectivity index (χ1) is 8.29. The first kappa shape index (κ1) is 13.3. The van der Waals surface area contributed by atoms with Crippen LogP contribution in [-0.4, -0.2) is 11.0 Å². The molecule has 0 spiro atoms. The lowest BCUT2D eigenvalue weighted by Crippen LogP contribution is -2.12. The monoisotopic (exact) mass is 348 g/mol. The summed E-state index contributed by atoms with van der Waals surface area (Å²) in [6, 6.07) is 6.76. The van der Waals surface area contributed by atoms with E-state index in [9.17, 15) is 4.39 Å². The van der Waals surface area contributed by atoms with Gasteiger partial charge in [0, 0.05) is 4.43 Å². The zero-order valence-electron chi connectivity index (χ0n) is 9.87. The first-order valence-corrected chi connectivity index (χ1v) is 7.75. The molecule has 0 saturated heterocycles. The van der Waals surface area contributed by atoms with E-state index >= 15 is 0 Å². The van der Waals surface area contributed by atoms with Crippen molar-refractivity contribution >= 4 is 22.6 Å². The third-order valence-corrected chi connectivity index (χ3v) is 4.17. The van der Waals surface area contributed by atoms with Gasteiger partial charge in [-0.2, -0.15) is 0 Å². The molecule has 0 N–H and O–H groups in total. The highest BCUT2D eigenvalue weighted by molar-refractivity contribution is 14.1. The Labute approximate surface area is 116 Å². The van der Waals surface area contributed by atoms with E-state index in [-0.39, 0.29) is 11.9 Å². The lowest BCUT2D eigenvalue weighted by Gasteiger charge is -2.18. The van der Waals surface area contributed by atoms with Crippen LogP contribution in [0.2, 0.25) is 0 Å². The molecule has 1 nitrogen and oxygen atoms in total. The minimum atomic E-state index is -0.179. The Hall–Kier alpha value is -0.160. The van der Waals surface area contributed by atoms with Gasteiger partial charge in [-0.15, -0.1) is 0 Å². The molecule has 0 aliphatic heterocycles. The minimum absolute atomic E-state index is 0.0342. The van der Waals surface area contributed by atoms with Gasteiger partial charge < -0.3 is 4.74 Å². The highest BCUT2D eigenvalue weighted by atomic mass is 127. The van der Waals surface area contributed by atoms with Crippen LogP contribution in [0, 0.1) is 11.7 Å². The number of rotatable bonds is 5. The van der Waals surface area contributed by atoms with Crippen molar-refractivity contribution in [1.29, 1.82) is 0 Å². The van der Waals surface area contributed by atoms with Gasteiger partial charge in [-0.3, -0.25) is 0 Å². The predicted octanol–water partition coefficient (Wildman–Crippen LogP) is 4.51. The molecule has 1 aromatic carbocycles. The fourth-order valence-corrected chi connectivity index (χ4v) is 3.13. The van der Waals surface area contributed by atoms with Crippen molar-refractivity contribution in [3.63, 3.8) is 0 Å². The third kappa shape index (κ3) is 3.91. The highest BCUT2D eigenvalue weighted by Gasteiger charge is 2.18. The van der Waals surface area contributed by atoms with Crippen molar-refractivity contribution in [3.05, 3.63) is 35.6 Å². The maximum absolute atomic E-state index is 13.1. The van der Waals surface area contributed by atoms with E-state index in [1.807, 2.05) is 6.07 Å². The van der Waals surface area contributed by atoms with Gasteiger partial charge in [-0.25, -0.2) is 4.39 Å². The summed E-state index contributed by atoms with van der Waals surface area (Å²) >= 11 is 2.30. The molecule has 1 atom stereocenters. The molecule has 3 heteroatoms. The average molecular weight is 348 g/mol. The zero-order chi connectivity index (χ0) is 12.1. The minimum Gasteiger partial charge on any atom is -0.372 e. The van der Waals surface area contributed by atoms with E-state index in [4.69, 9.17) is 4.74 Å². The molecule has 1 fully saturated rings. The maximum Gasteiger partial charge on any atom is 0.123 e. The molecule has 0 bridgehead atoms. The van der Waals surface area contributed by atoms with Crippen molar-refractivity contribution < 1.29 is 9.13 Å². The van der Waals surface area contributed by atoms with Crippen LogP contribution in [-0.2, 0) is 4.74 Å². The molecule has 1 unspecified atom stereocenters. The lowest BCUT2D eigenvalue weighted by atomic mass is 10.1. The van der Waals surface area contributed by atoms with Gasteiger partial charge in [-0.05, 0) is 36.5 Å². The van der Waals surface area contributed by atoms with Crippen LogP contribution in [0.5, 0.6) is 0 Å². The van der Waals surface area contributed by atoms with Crippen molar-refractivity contribution in [2.24, 2.45) is 5.92 Å². The summed E-state index contributed by atoms with van der Waals surface area (Å²) in [4.78, 5) is 0. The summed E-state index contributed by atoms with van der Waals surface area (Å²) < 4.78 is 20.0. The molecule has 17 heavy (non-hydrogen) atoms. The van der Waals surface area contributed by atoms with E-state index in [1.54, 1.807) is 12.1 Å². The number of ether oxygens (including phenoxy) is 1. The largest absolute Gasteiger partial charge is 0.372 e. The molecule has 1 aliphatic rings. The fourth-order valence-electron chi connectivity index (χ4n) is 2.37. The fraction of sp³-hybridized carbons (Fsp3) is 0.571. The molecule has 0 heterocycles. The summed E-state index contributed by atoms with van der Waals surface area (Å²) in [6.45, 7) is 0.824. The summed E-state index contributed by atoms with van der Waals surface area (Å²) in [5, 5.41) is 0. The summed E-state index contributed by atoms with van der Waals surface area (Å²) in [5.41, 5.74) is 0.956. The zero-order valence-corrected chi connectivity index (χ0v) is 12.0. The molecule has 0 radical (unpaired) electrons. The Morgan fingerprint density at radius 3 is 2.76 bits per heavy atom. The van der Waals surface area contributed by atoms with Crippen LogP contribution in [0.25, 0.3) is 0 Å². The molecule has 1 aliphatic carbocycles. The molecular weight excluding hydrogens is 330 g/mol. The molecule has 1 saturated carbocycles. The summed E-state index contributed by atoms with van der Waals surface area (Å²) in [5.74, 6) is 0.538. The second-order valence-electron chi connectivity index (χ2n) is 4.68. The standard InChI is InChI=1S/C14H18FIO/c15-13-7-3-6-12(8-13)14(9-16)17-10-11-4-1-2-5-11/h3,6-8,11,14H,1-2,4-5,9-10H2. The van der Waals surface area contributed by atoms with Crippen LogP contribution < -0.4 is 0 Å². The van der Waals surface area contributed by atoms with Crippen molar-refractivity contribution in [1.82, 2.24) is 0 Å². The quantitative estimate of drug-likeness (QED) is 0.562. The molecule has 0 amide bonds. The van der Waals surface area contributed by atoms with Crippen LogP contribution in [0.3, 0.4) is 0 Å². The molecule has 0 aromatic heterocycles. The Bertz CT molecular complexity index is 350. The lowest BCUT2D eigenvalue weighted by molar-refractivity contribution is 0.0452. The van der Waals surface area contributed by atoms with Crippen molar-refractivity contribution in [2.75, 3.05) is 11.0 Å². The summed E-state index contributed by atoms with van der Waals surface area (Å²) in [7, 11) is 0. The van der Waals surface area contributed by atoms with E-state index in [2.05, 4.69) is 22.6 Å². The first-order valence-electron chi connectivity index (χ1n) is 6.22. The summed E-state index contributed by atoms with van der Waals surface area (Å²) in [6.07, 6.45) is 5.28. The normalized spacial score (nSPS) is 18.5. The van der Waals surface area contributed by atoms with Gasteiger partial charge in [0.05, 0.1) is 12.7 Å². The molecule has 94 valence electrons. The van der Waals surface area contributed by atoms with Crippen LogP contribution in [0.1, 0.15) is 37.4 Å². The van der Waals surface area contributed by atoms with E-state index in [0.717, 1.165) is 16.6 Å². The smallest absolute Gasteiger partial charge is 0.123 e. The third-order valence-electron chi connectivity index (χ3n) is 3.37. The van der Waals surface area contributed by atoms with Gasteiger partial charge in [0.25, 0.3) is 0 Å². The van der Waals surface area contributed by atoms with Gasteiger partial charge in [0.1, 0.15) is 5.82 Å². The highest BCUT2D eigenvalue weighted by Crippen LogP contribution is 2.28. The average Bonchev–Trinajstić information content (AvgIpc) is 2.83. The van der Waals surface area contributed by atoms with Gasteiger partial charge in [0.15, 0.2) is 0 Å². The molecule has 1 aromatic rings. The molecular formula is C14H18FIO. The van der Waals surface area contributed by atoms with E-state index in [1.165, 1.54) is 31.7 Å². The number of benzene rings is 1. The van der Waals surface area contributed by atoms with Crippen LogP contribution >= 0.6 is 22.6 Å². The number of hydrogen-bond donors (Lipinski definition) is 0. The van der Waals surface area contributed by atoms with E-state index < -0.39 is 0 Å². The van der Waals surface area contributed by atoms with Crippen molar-refractivity contribution in [2.45, 2.75) is 31.8 Å². The van der Waals surface area contributed by atoms with Gasteiger partial charge >= 0.3 is 0 Å². The van der Waals surface area contributed by atoms with Gasteiger partial charge in [-0.1, -0.05) is 47.6 Å². The number of alkyl halides is 1. The second kappa shape index (κ2) is 6.69. The Morgan fingerprint density at radius 2 is 2.12 bits per heavy atom. The van der Waals surface area contributed by atoms with Crippen molar-refractivity contribution in [3.8, 4) is 0 Å². The second-order valence-corrected chi connectivity index (χ2v) is 5.56. The predicted molar refractivity (Wildman–Crippen MR) is 75.9 cm³/mol. The Kier molecular flexibility index (Phi) is 5.22. The maximum atomic E-state index is 13.1. The number of halogens is 2.